The van der Waals surface area contributed by atoms with Crippen molar-refractivity contribution in [2.45, 2.75) is 13.3 Å². The number of amides is 1. The number of hydrogen-bond donors (Lipinski definition) is 0. The fraction of sp³-hybridized carbons (Fsp3) is 0.308. The lowest BCUT2D eigenvalue weighted by Gasteiger charge is -2.15. The van der Waals surface area contributed by atoms with E-state index in [2.05, 4.69) is 0 Å². The second-order valence-corrected chi connectivity index (χ2v) is 4.12. The Morgan fingerprint density at radius 2 is 2.06 bits per heavy atom. The number of carbonyl (C=O) groups is 3. The van der Waals surface area contributed by atoms with E-state index in [4.69, 9.17) is 4.74 Å². The van der Waals surface area contributed by atoms with Gasteiger partial charge in [-0.3, -0.25) is 14.4 Å². The van der Waals surface area contributed by atoms with Crippen LogP contribution in [0.25, 0.3) is 0 Å². The van der Waals surface area contributed by atoms with E-state index in [-0.39, 0.29) is 18.7 Å². The lowest BCUT2D eigenvalue weighted by molar-refractivity contribution is -0.117. The van der Waals surface area contributed by atoms with Gasteiger partial charge in [0.15, 0.2) is 0 Å². The molecule has 0 unspecified atom stereocenters. The highest BCUT2D eigenvalue weighted by atomic mass is 16.5. The summed E-state index contributed by atoms with van der Waals surface area (Å²) in [5.74, 6) is -0.564. The van der Waals surface area contributed by atoms with Crippen LogP contribution in [0.5, 0.6) is 5.75 Å². The van der Waals surface area contributed by atoms with Crippen molar-refractivity contribution in [1.82, 2.24) is 0 Å². The third-order valence-electron chi connectivity index (χ3n) is 2.87. The van der Waals surface area contributed by atoms with Crippen LogP contribution < -0.4 is 9.64 Å². The first-order valence-corrected chi connectivity index (χ1v) is 5.58. The Morgan fingerprint density at radius 3 is 2.67 bits per heavy atom. The van der Waals surface area contributed by atoms with Crippen LogP contribution >= 0.6 is 0 Å². The Morgan fingerprint density at radius 1 is 1.33 bits per heavy atom. The topological polar surface area (TPSA) is 63.7 Å². The smallest absolute Gasteiger partial charge is 0.299 e. The lowest BCUT2D eigenvalue weighted by Crippen LogP contribution is -2.31. The van der Waals surface area contributed by atoms with E-state index in [1.165, 1.54) is 18.9 Å². The van der Waals surface area contributed by atoms with Crippen molar-refractivity contribution >= 4 is 23.2 Å². The zero-order chi connectivity index (χ0) is 13.3. The molecule has 1 aliphatic rings. The third-order valence-corrected chi connectivity index (χ3v) is 2.87. The molecule has 0 N–H and O–H groups in total. The van der Waals surface area contributed by atoms with Gasteiger partial charge in [-0.1, -0.05) is 0 Å². The SMILES string of the molecule is COc1ccc2c(c1)N(CCC(C)=O)C(=O)C2=O. The quantitative estimate of drug-likeness (QED) is 0.750. The molecule has 0 spiro atoms. The molecule has 0 saturated heterocycles. The highest BCUT2D eigenvalue weighted by Gasteiger charge is 2.35. The Balaban J connectivity index is 2.36. The molecule has 5 nitrogen and oxygen atoms in total. The minimum Gasteiger partial charge on any atom is -0.497 e. The van der Waals surface area contributed by atoms with Crippen molar-refractivity contribution in [1.29, 1.82) is 0 Å². The molecule has 18 heavy (non-hydrogen) atoms. The van der Waals surface area contributed by atoms with Gasteiger partial charge in [0.25, 0.3) is 11.7 Å². The number of hydrogen-bond acceptors (Lipinski definition) is 4. The number of nitrogens with zero attached hydrogens (tertiary/aromatic N) is 1. The molecule has 1 aromatic rings. The maximum absolute atomic E-state index is 11.8. The van der Waals surface area contributed by atoms with Crippen LogP contribution in [-0.4, -0.2) is 31.1 Å². The van der Waals surface area contributed by atoms with Gasteiger partial charge in [-0.2, -0.15) is 0 Å². The summed E-state index contributed by atoms with van der Waals surface area (Å²) in [4.78, 5) is 35.8. The Labute approximate surface area is 104 Å². The van der Waals surface area contributed by atoms with E-state index in [0.717, 1.165) is 0 Å². The molecule has 1 aromatic carbocycles. The summed E-state index contributed by atoms with van der Waals surface area (Å²) in [6, 6.07) is 4.85. The minimum atomic E-state index is -0.584. The molecule has 2 rings (SSSR count). The van der Waals surface area contributed by atoms with Crippen molar-refractivity contribution in [2.24, 2.45) is 0 Å². The predicted octanol–water partition coefficient (Wildman–Crippen LogP) is 1.20. The van der Waals surface area contributed by atoms with Crippen molar-refractivity contribution in [3.05, 3.63) is 23.8 Å². The fourth-order valence-corrected chi connectivity index (χ4v) is 1.89. The highest BCUT2D eigenvalue weighted by molar-refractivity contribution is 6.52. The highest BCUT2D eigenvalue weighted by Crippen LogP contribution is 2.32. The lowest BCUT2D eigenvalue weighted by atomic mass is 10.1. The number of rotatable bonds is 4. The molecule has 0 saturated carbocycles. The first kappa shape index (κ1) is 12.3. The number of carbonyl (C=O) groups excluding carboxylic acids is 3. The standard InChI is InChI=1S/C13H13NO4/c1-8(15)5-6-14-11-7-9(18-2)3-4-10(11)12(16)13(14)17/h3-4,7H,5-6H2,1-2H3. The first-order chi connectivity index (χ1) is 8.54. The zero-order valence-corrected chi connectivity index (χ0v) is 10.2. The van der Waals surface area contributed by atoms with Crippen LogP contribution in [0.15, 0.2) is 18.2 Å². The average Bonchev–Trinajstić information content (AvgIpc) is 2.59. The van der Waals surface area contributed by atoms with E-state index in [0.29, 0.717) is 17.0 Å². The summed E-state index contributed by atoms with van der Waals surface area (Å²) in [7, 11) is 1.51. The summed E-state index contributed by atoms with van der Waals surface area (Å²) >= 11 is 0. The number of fused-ring (bicyclic) bond motifs is 1. The predicted molar refractivity (Wildman–Crippen MR) is 65.0 cm³/mol. The number of anilines is 1. The number of Topliss-reactive ketones (excluding diaryl/α,β-unsaturated/α-hetero) is 2. The minimum absolute atomic E-state index is 0.0217. The molecule has 5 heteroatoms. The number of ketones is 2. The van der Waals surface area contributed by atoms with Gasteiger partial charge < -0.3 is 9.64 Å². The molecule has 1 amide bonds. The summed E-state index contributed by atoms with van der Waals surface area (Å²) in [5, 5.41) is 0. The molecule has 1 heterocycles. The van der Waals surface area contributed by atoms with Crippen molar-refractivity contribution in [3.63, 3.8) is 0 Å². The molecule has 94 valence electrons. The van der Waals surface area contributed by atoms with E-state index < -0.39 is 11.7 Å². The summed E-state index contributed by atoms with van der Waals surface area (Å²) in [6.07, 6.45) is 0.232. The molecular weight excluding hydrogens is 234 g/mol. The van der Waals surface area contributed by atoms with Gasteiger partial charge in [-0.25, -0.2) is 0 Å². The van der Waals surface area contributed by atoms with Crippen LogP contribution in [-0.2, 0) is 9.59 Å². The van der Waals surface area contributed by atoms with E-state index >= 15 is 0 Å². The van der Waals surface area contributed by atoms with Gasteiger partial charge >= 0.3 is 0 Å². The van der Waals surface area contributed by atoms with Gasteiger partial charge in [-0.05, 0) is 19.1 Å². The third kappa shape index (κ3) is 1.99. The number of benzene rings is 1. The maximum atomic E-state index is 11.8. The second kappa shape index (κ2) is 4.60. The maximum Gasteiger partial charge on any atom is 0.299 e. The average molecular weight is 247 g/mol. The number of ether oxygens (including phenoxy) is 1. The molecule has 0 radical (unpaired) electrons. The normalized spacial score (nSPS) is 13.8. The van der Waals surface area contributed by atoms with Crippen molar-refractivity contribution in [3.8, 4) is 5.75 Å². The first-order valence-electron chi connectivity index (χ1n) is 5.58. The van der Waals surface area contributed by atoms with E-state index in [1.807, 2.05) is 0 Å². The van der Waals surface area contributed by atoms with Crippen molar-refractivity contribution in [2.75, 3.05) is 18.6 Å². The Bertz CT molecular complexity index is 536. The molecule has 1 aliphatic heterocycles. The summed E-state index contributed by atoms with van der Waals surface area (Å²) < 4.78 is 5.07. The molecule has 0 atom stereocenters. The van der Waals surface area contributed by atoms with Crippen LogP contribution in [0.3, 0.4) is 0 Å². The molecule has 0 fully saturated rings. The zero-order valence-electron chi connectivity index (χ0n) is 10.2. The fourth-order valence-electron chi connectivity index (χ4n) is 1.89. The van der Waals surface area contributed by atoms with Gasteiger partial charge in [0, 0.05) is 19.0 Å². The van der Waals surface area contributed by atoms with E-state index in [1.54, 1.807) is 18.2 Å². The Kier molecular flexibility index (Phi) is 3.14. The van der Waals surface area contributed by atoms with Crippen LogP contribution in [0.1, 0.15) is 23.7 Å². The van der Waals surface area contributed by atoms with E-state index in [9.17, 15) is 14.4 Å². The van der Waals surface area contributed by atoms with Crippen LogP contribution in [0, 0.1) is 0 Å². The molecule has 0 aliphatic carbocycles. The van der Waals surface area contributed by atoms with Crippen LogP contribution in [0.2, 0.25) is 0 Å². The Hall–Kier alpha value is -2.17. The molecule has 0 aromatic heterocycles. The van der Waals surface area contributed by atoms with Gasteiger partial charge in [0.05, 0.1) is 18.4 Å². The van der Waals surface area contributed by atoms with Gasteiger partial charge in [0.1, 0.15) is 11.5 Å². The molecular formula is C13H13NO4. The number of methoxy groups -OCH3 is 1. The summed E-state index contributed by atoms with van der Waals surface area (Å²) in [5.41, 5.74) is 0.884. The molecule has 0 bridgehead atoms. The van der Waals surface area contributed by atoms with Crippen molar-refractivity contribution < 1.29 is 19.1 Å². The van der Waals surface area contributed by atoms with Gasteiger partial charge in [0.2, 0.25) is 0 Å². The summed E-state index contributed by atoms with van der Waals surface area (Å²) in [6.45, 7) is 1.68. The second-order valence-electron chi connectivity index (χ2n) is 4.12. The van der Waals surface area contributed by atoms with Crippen LogP contribution in [0.4, 0.5) is 5.69 Å². The largest absolute Gasteiger partial charge is 0.497 e. The van der Waals surface area contributed by atoms with Gasteiger partial charge in [-0.15, -0.1) is 0 Å². The monoisotopic (exact) mass is 247 g/mol.